The van der Waals surface area contributed by atoms with E-state index in [-0.39, 0.29) is 18.2 Å². The third-order valence-corrected chi connectivity index (χ3v) is 4.59. The van der Waals surface area contributed by atoms with Crippen LogP contribution in [0.15, 0.2) is 48.5 Å². The number of rotatable bonds is 5. The number of amides is 2. The highest BCUT2D eigenvalue weighted by atomic mass is 16.5. The number of fused-ring (bicyclic) bond motifs is 1. The largest absolute Gasteiger partial charge is 0.479 e. The number of hydrogen-bond acceptors (Lipinski definition) is 3. The van der Waals surface area contributed by atoms with Crippen molar-refractivity contribution in [2.24, 2.45) is 0 Å². The van der Waals surface area contributed by atoms with Crippen LogP contribution in [0.3, 0.4) is 0 Å². The second kappa shape index (κ2) is 7.60. The van der Waals surface area contributed by atoms with Crippen molar-refractivity contribution in [2.45, 2.75) is 32.9 Å². The smallest absolute Gasteiger partial charge is 0.267 e. The Hall–Kier alpha value is -2.82. The van der Waals surface area contributed by atoms with Crippen LogP contribution in [0.2, 0.25) is 0 Å². The molecule has 0 saturated heterocycles. The van der Waals surface area contributed by atoms with Gasteiger partial charge in [0.1, 0.15) is 5.75 Å². The highest BCUT2D eigenvalue weighted by Gasteiger charge is 2.31. The van der Waals surface area contributed by atoms with Gasteiger partial charge in [-0.15, -0.1) is 0 Å². The van der Waals surface area contributed by atoms with Gasteiger partial charge in [0.15, 0.2) is 6.10 Å². The van der Waals surface area contributed by atoms with Gasteiger partial charge in [-0.05, 0) is 31.5 Å². The molecule has 2 amide bonds. The van der Waals surface area contributed by atoms with Crippen LogP contribution in [-0.2, 0) is 16.1 Å². The van der Waals surface area contributed by atoms with Crippen molar-refractivity contribution in [1.82, 2.24) is 4.90 Å². The summed E-state index contributed by atoms with van der Waals surface area (Å²) in [7, 11) is 1.79. The molecule has 1 atom stereocenters. The third kappa shape index (κ3) is 3.87. The molecular formula is C21H24N2O3. The topological polar surface area (TPSA) is 49.9 Å². The molecule has 0 unspecified atom stereocenters. The van der Waals surface area contributed by atoms with E-state index in [9.17, 15) is 9.59 Å². The van der Waals surface area contributed by atoms with Crippen LogP contribution in [0.1, 0.15) is 24.5 Å². The molecule has 2 aromatic carbocycles. The minimum absolute atomic E-state index is 0.00926. The lowest BCUT2D eigenvalue weighted by molar-refractivity contribution is -0.130. The highest BCUT2D eigenvalue weighted by Crippen LogP contribution is 2.33. The lowest BCUT2D eigenvalue weighted by Gasteiger charge is -2.33. The SMILES string of the molecule is Cc1ccc(CN(C)C(=O)CCN2C(=O)[C@@H](C)Oc3ccccc32)cc1. The van der Waals surface area contributed by atoms with Gasteiger partial charge < -0.3 is 14.5 Å². The summed E-state index contributed by atoms with van der Waals surface area (Å²) < 4.78 is 5.63. The molecule has 0 saturated carbocycles. The predicted molar refractivity (Wildman–Crippen MR) is 101 cm³/mol. The number of benzene rings is 2. The minimum atomic E-state index is -0.537. The molecule has 0 aliphatic carbocycles. The molecule has 5 heteroatoms. The van der Waals surface area contributed by atoms with Crippen LogP contribution < -0.4 is 9.64 Å². The Morgan fingerprint density at radius 2 is 1.85 bits per heavy atom. The first kappa shape index (κ1) is 18.0. The summed E-state index contributed by atoms with van der Waals surface area (Å²) in [6.45, 7) is 4.68. The molecule has 0 spiro atoms. The molecule has 5 nitrogen and oxygen atoms in total. The van der Waals surface area contributed by atoms with Gasteiger partial charge in [-0.3, -0.25) is 9.59 Å². The monoisotopic (exact) mass is 352 g/mol. The van der Waals surface area contributed by atoms with Gasteiger partial charge in [0.25, 0.3) is 5.91 Å². The summed E-state index contributed by atoms with van der Waals surface area (Å²) in [6, 6.07) is 15.6. The standard InChI is InChI=1S/C21H24N2O3/c1-15-8-10-17(11-9-15)14-22(3)20(24)12-13-23-18-6-4-5-7-19(18)26-16(2)21(23)25/h4-11,16H,12-14H2,1-3H3/t16-/m1/s1. The van der Waals surface area contributed by atoms with Crippen LogP contribution in [0.5, 0.6) is 5.75 Å². The number of anilines is 1. The summed E-state index contributed by atoms with van der Waals surface area (Å²) in [5.41, 5.74) is 3.01. The fourth-order valence-electron chi connectivity index (χ4n) is 3.04. The average molecular weight is 352 g/mol. The van der Waals surface area contributed by atoms with Gasteiger partial charge in [0.05, 0.1) is 5.69 Å². The van der Waals surface area contributed by atoms with E-state index >= 15 is 0 Å². The molecule has 1 aliphatic heterocycles. The molecule has 1 heterocycles. The Morgan fingerprint density at radius 1 is 1.15 bits per heavy atom. The van der Waals surface area contributed by atoms with E-state index in [1.165, 1.54) is 5.56 Å². The average Bonchev–Trinajstić information content (AvgIpc) is 2.63. The fraction of sp³-hybridized carbons (Fsp3) is 0.333. The second-order valence-corrected chi connectivity index (χ2v) is 6.70. The number of hydrogen-bond donors (Lipinski definition) is 0. The molecule has 2 aromatic rings. The van der Waals surface area contributed by atoms with E-state index in [4.69, 9.17) is 4.74 Å². The molecular weight excluding hydrogens is 328 g/mol. The zero-order chi connectivity index (χ0) is 18.7. The van der Waals surface area contributed by atoms with Crippen molar-refractivity contribution in [1.29, 1.82) is 0 Å². The number of nitrogens with zero attached hydrogens (tertiary/aromatic N) is 2. The van der Waals surface area contributed by atoms with Crippen molar-refractivity contribution >= 4 is 17.5 Å². The van der Waals surface area contributed by atoms with Crippen LogP contribution >= 0.6 is 0 Å². The Balaban J connectivity index is 1.63. The summed E-state index contributed by atoms with van der Waals surface area (Å²) in [5.74, 6) is 0.577. The first-order chi connectivity index (χ1) is 12.5. The van der Waals surface area contributed by atoms with Gasteiger partial charge in [0.2, 0.25) is 5.91 Å². The molecule has 0 fully saturated rings. The molecule has 1 aliphatic rings. The maximum Gasteiger partial charge on any atom is 0.267 e. The maximum atomic E-state index is 12.5. The van der Waals surface area contributed by atoms with E-state index in [2.05, 4.69) is 0 Å². The van der Waals surface area contributed by atoms with Gasteiger partial charge in [-0.1, -0.05) is 42.0 Å². The van der Waals surface area contributed by atoms with Gasteiger partial charge >= 0.3 is 0 Å². The van der Waals surface area contributed by atoms with E-state index in [0.29, 0.717) is 18.8 Å². The molecule has 0 N–H and O–H groups in total. The predicted octanol–water partition coefficient (Wildman–Crippen LogP) is 3.16. The van der Waals surface area contributed by atoms with Crippen LogP contribution in [-0.4, -0.2) is 36.4 Å². The third-order valence-electron chi connectivity index (χ3n) is 4.59. The van der Waals surface area contributed by atoms with Gasteiger partial charge in [-0.25, -0.2) is 0 Å². The highest BCUT2D eigenvalue weighted by molar-refractivity contribution is 6.00. The lowest BCUT2D eigenvalue weighted by atomic mass is 10.1. The second-order valence-electron chi connectivity index (χ2n) is 6.70. The summed E-state index contributed by atoms with van der Waals surface area (Å²) in [6.07, 6.45) is -0.264. The first-order valence-corrected chi connectivity index (χ1v) is 8.82. The van der Waals surface area contributed by atoms with Gasteiger partial charge in [-0.2, -0.15) is 0 Å². The molecule has 0 bridgehead atoms. The molecule has 0 radical (unpaired) electrons. The lowest BCUT2D eigenvalue weighted by Crippen LogP contribution is -2.45. The normalized spacial score (nSPS) is 16.0. The van der Waals surface area contributed by atoms with Crippen molar-refractivity contribution in [3.63, 3.8) is 0 Å². The van der Waals surface area contributed by atoms with Crippen LogP contribution in [0, 0.1) is 6.92 Å². The van der Waals surface area contributed by atoms with E-state index in [1.807, 2.05) is 55.5 Å². The van der Waals surface area contributed by atoms with Crippen LogP contribution in [0.25, 0.3) is 0 Å². The van der Waals surface area contributed by atoms with Crippen LogP contribution in [0.4, 0.5) is 5.69 Å². The van der Waals surface area contributed by atoms with Crippen molar-refractivity contribution in [3.8, 4) is 5.75 Å². The van der Waals surface area contributed by atoms with Gasteiger partial charge in [0, 0.05) is 26.6 Å². The molecule has 136 valence electrons. The van der Waals surface area contributed by atoms with Crippen molar-refractivity contribution in [3.05, 3.63) is 59.7 Å². The molecule has 0 aromatic heterocycles. The fourth-order valence-corrected chi connectivity index (χ4v) is 3.04. The van der Waals surface area contributed by atoms with E-state index < -0.39 is 6.10 Å². The number of carbonyl (C=O) groups excluding carboxylic acids is 2. The minimum Gasteiger partial charge on any atom is -0.479 e. The zero-order valence-electron chi connectivity index (χ0n) is 15.4. The Labute approximate surface area is 154 Å². The molecule has 3 rings (SSSR count). The number of para-hydroxylation sites is 2. The summed E-state index contributed by atoms with van der Waals surface area (Å²) >= 11 is 0. The number of aryl methyl sites for hydroxylation is 1. The summed E-state index contributed by atoms with van der Waals surface area (Å²) in [5, 5.41) is 0. The van der Waals surface area contributed by atoms with Crippen molar-refractivity contribution in [2.75, 3.05) is 18.5 Å². The Kier molecular flexibility index (Phi) is 5.26. The maximum absolute atomic E-state index is 12.5. The summed E-state index contributed by atoms with van der Waals surface area (Å²) in [4.78, 5) is 28.3. The number of ether oxygens (including phenoxy) is 1. The Morgan fingerprint density at radius 3 is 2.58 bits per heavy atom. The number of carbonyl (C=O) groups is 2. The quantitative estimate of drug-likeness (QED) is 0.830. The zero-order valence-corrected chi connectivity index (χ0v) is 15.4. The first-order valence-electron chi connectivity index (χ1n) is 8.82. The van der Waals surface area contributed by atoms with E-state index in [0.717, 1.165) is 11.3 Å². The van der Waals surface area contributed by atoms with Crippen molar-refractivity contribution < 1.29 is 14.3 Å². The Bertz CT molecular complexity index is 801. The molecule has 26 heavy (non-hydrogen) atoms. The van der Waals surface area contributed by atoms with E-state index in [1.54, 1.807) is 23.8 Å².